The number of β-amino-alcohol motifs (C(OH)–C–C–N with tert-alkyl or cyclic N) is 1. The Morgan fingerprint density at radius 2 is 1.89 bits per heavy atom. The maximum Gasteiger partial charge on any atom is 0.317 e. The van der Waals surface area contributed by atoms with Gasteiger partial charge in [-0.1, -0.05) is 6.92 Å². The van der Waals surface area contributed by atoms with Gasteiger partial charge in [0.25, 0.3) is 0 Å². The first-order valence-electron chi connectivity index (χ1n) is 6.67. The van der Waals surface area contributed by atoms with Crippen molar-refractivity contribution in [3.63, 3.8) is 0 Å². The molecule has 0 radical (unpaired) electrons. The largest absolute Gasteiger partial charge is 0.481 e. The molecule has 0 aromatic rings. The van der Waals surface area contributed by atoms with Gasteiger partial charge in [-0.3, -0.25) is 9.69 Å². The quantitative estimate of drug-likeness (QED) is 0.602. The van der Waals surface area contributed by atoms with Crippen LogP contribution in [0.1, 0.15) is 13.3 Å². The predicted octanol–water partition coefficient (Wildman–Crippen LogP) is -0.583. The zero-order chi connectivity index (χ0) is 14.3. The molecule has 7 nitrogen and oxygen atoms in total. The van der Waals surface area contributed by atoms with Crippen molar-refractivity contribution in [1.82, 2.24) is 15.1 Å². The van der Waals surface area contributed by atoms with Crippen molar-refractivity contribution in [3.8, 4) is 0 Å². The fourth-order valence-corrected chi connectivity index (χ4v) is 2.04. The van der Waals surface area contributed by atoms with E-state index in [2.05, 4.69) is 10.2 Å². The maximum absolute atomic E-state index is 11.9. The van der Waals surface area contributed by atoms with Crippen LogP contribution in [0, 0.1) is 5.92 Å². The number of carboxylic acid groups (broad SMARTS) is 1. The van der Waals surface area contributed by atoms with Gasteiger partial charge >= 0.3 is 12.0 Å². The fourth-order valence-electron chi connectivity index (χ4n) is 2.04. The van der Waals surface area contributed by atoms with Gasteiger partial charge in [0.05, 0.1) is 12.5 Å². The number of rotatable bonds is 6. The van der Waals surface area contributed by atoms with Crippen LogP contribution in [0.25, 0.3) is 0 Å². The average Bonchev–Trinajstić information content (AvgIpc) is 2.40. The normalized spacial score (nSPS) is 18.1. The number of hydrogen-bond acceptors (Lipinski definition) is 4. The van der Waals surface area contributed by atoms with Gasteiger partial charge in [-0.15, -0.1) is 0 Å². The highest BCUT2D eigenvalue weighted by molar-refractivity contribution is 5.76. The Labute approximate surface area is 113 Å². The summed E-state index contributed by atoms with van der Waals surface area (Å²) in [5.74, 6) is -1.41. The van der Waals surface area contributed by atoms with Gasteiger partial charge in [-0.25, -0.2) is 4.79 Å². The predicted molar refractivity (Wildman–Crippen MR) is 69.9 cm³/mol. The first-order valence-corrected chi connectivity index (χ1v) is 6.67. The van der Waals surface area contributed by atoms with Gasteiger partial charge in [0.2, 0.25) is 0 Å². The van der Waals surface area contributed by atoms with Crippen LogP contribution in [0.15, 0.2) is 0 Å². The molecule has 110 valence electrons. The van der Waals surface area contributed by atoms with Gasteiger partial charge in [-0.05, 0) is 6.42 Å². The number of aliphatic hydroxyl groups excluding tert-OH is 1. The summed E-state index contributed by atoms with van der Waals surface area (Å²) in [4.78, 5) is 26.5. The Morgan fingerprint density at radius 1 is 1.26 bits per heavy atom. The zero-order valence-electron chi connectivity index (χ0n) is 11.3. The molecule has 1 aliphatic rings. The number of carbonyl (C=O) groups is 2. The van der Waals surface area contributed by atoms with Crippen LogP contribution in [0.2, 0.25) is 0 Å². The summed E-state index contributed by atoms with van der Waals surface area (Å²) in [5.41, 5.74) is 0. The summed E-state index contributed by atoms with van der Waals surface area (Å²) in [5, 5.41) is 20.4. The molecule has 1 atom stereocenters. The smallest absolute Gasteiger partial charge is 0.317 e. The minimum atomic E-state index is -0.879. The van der Waals surface area contributed by atoms with Crippen molar-refractivity contribution in [2.45, 2.75) is 13.3 Å². The van der Waals surface area contributed by atoms with Crippen molar-refractivity contribution in [1.29, 1.82) is 0 Å². The van der Waals surface area contributed by atoms with Gasteiger partial charge in [0, 0.05) is 39.3 Å². The number of aliphatic carboxylic acids is 1. The number of carbonyl (C=O) groups excluding carboxylic acids is 1. The number of urea groups is 1. The van der Waals surface area contributed by atoms with Gasteiger partial charge in [0.1, 0.15) is 0 Å². The van der Waals surface area contributed by atoms with Gasteiger partial charge < -0.3 is 20.4 Å². The molecular formula is C12H23N3O4. The summed E-state index contributed by atoms with van der Waals surface area (Å²) < 4.78 is 0. The molecule has 0 aliphatic carbocycles. The van der Waals surface area contributed by atoms with Crippen molar-refractivity contribution in [3.05, 3.63) is 0 Å². The molecule has 0 saturated carbocycles. The molecule has 3 N–H and O–H groups in total. The topological polar surface area (TPSA) is 93.1 Å². The Balaban J connectivity index is 2.29. The van der Waals surface area contributed by atoms with E-state index in [-0.39, 0.29) is 19.2 Å². The number of nitrogens with zero attached hydrogens (tertiary/aromatic N) is 2. The van der Waals surface area contributed by atoms with E-state index in [1.54, 1.807) is 11.8 Å². The Hall–Kier alpha value is -1.34. The minimum absolute atomic E-state index is 0.128. The number of piperazine rings is 1. The van der Waals surface area contributed by atoms with E-state index in [0.717, 1.165) is 13.1 Å². The van der Waals surface area contributed by atoms with E-state index in [9.17, 15) is 9.59 Å². The van der Waals surface area contributed by atoms with Gasteiger partial charge in [-0.2, -0.15) is 0 Å². The van der Waals surface area contributed by atoms with Crippen LogP contribution >= 0.6 is 0 Å². The Morgan fingerprint density at radius 3 is 2.37 bits per heavy atom. The summed E-state index contributed by atoms with van der Waals surface area (Å²) in [6.07, 6.45) is 0.500. The van der Waals surface area contributed by atoms with E-state index >= 15 is 0 Å². The summed E-state index contributed by atoms with van der Waals surface area (Å²) in [6, 6.07) is -0.205. The van der Waals surface area contributed by atoms with Crippen LogP contribution in [0.4, 0.5) is 4.79 Å². The van der Waals surface area contributed by atoms with Crippen LogP contribution in [-0.2, 0) is 4.79 Å². The third kappa shape index (κ3) is 5.04. The lowest BCUT2D eigenvalue weighted by molar-refractivity contribution is -0.141. The second-order valence-electron chi connectivity index (χ2n) is 4.68. The second-order valence-corrected chi connectivity index (χ2v) is 4.68. The monoisotopic (exact) mass is 273 g/mol. The summed E-state index contributed by atoms with van der Waals surface area (Å²) in [6.45, 7) is 5.41. The maximum atomic E-state index is 11.9. The van der Waals surface area contributed by atoms with Crippen molar-refractivity contribution >= 4 is 12.0 Å². The van der Waals surface area contributed by atoms with Crippen molar-refractivity contribution < 1.29 is 19.8 Å². The molecule has 1 aliphatic heterocycles. The highest BCUT2D eigenvalue weighted by atomic mass is 16.4. The first kappa shape index (κ1) is 15.7. The number of amides is 2. The lowest BCUT2D eigenvalue weighted by Gasteiger charge is -2.34. The fraction of sp³-hybridized carbons (Fsp3) is 0.833. The molecule has 0 aromatic carbocycles. The minimum Gasteiger partial charge on any atom is -0.481 e. The highest BCUT2D eigenvalue weighted by Crippen LogP contribution is 2.04. The molecule has 0 bridgehead atoms. The standard InChI is InChI=1S/C12H23N3O4/c1-2-10(11(17)18)9-13-12(19)15-5-3-14(4-6-15)7-8-16/h10,16H,2-9H2,1H3,(H,13,19)(H,17,18). The molecule has 7 heteroatoms. The number of aliphatic hydroxyl groups is 1. The molecule has 1 saturated heterocycles. The molecule has 1 fully saturated rings. The third-order valence-electron chi connectivity index (χ3n) is 3.42. The van der Waals surface area contributed by atoms with Gasteiger partial charge in [0.15, 0.2) is 0 Å². The number of nitrogens with one attached hydrogen (secondary N) is 1. The Bertz CT molecular complexity index is 303. The van der Waals surface area contributed by atoms with E-state index in [4.69, 9.17) is 10.2 Å². The summed E-state index contributed by atoms with van der Waals surface area (Å²) >= 11 is 0. The third-order valence-corrected chi connectivity index (χ3v) is 3.42. The SMILES string of the molecule is CCC(CNC(=O)N1CCN(CCO)CC1)C(=O)O. The highest BCUT2D eigenvalue weighted by Gasteiger charge is 2.22. The molecule has 1 heterocycles. The Kier molecular flexibility index (Phi) is 6.58. The van der Waals surface area contributed by atoms with Crippen LogP contribution in [-0.4, -0.2) is 77.9 Å². The average molecular weight is 273 g/mol. The molecule has 19 heavy (non-hydrogen) atoms. The molecule has 0 aromatic heterocycles. The van der Waals surface area contributed by atoms with E-state index in [1.807, 2.05) is 0 Å². The molecular weight excluding hydrogens is 250 g/mol. The van der Waals surface area contributed by atoms with E-state index in [0.29, 0.717) is 26.1 Å². The molecule has 2 amide bonds. The lowest BCUT2D eigenvalue weighted by atomic mass is 10.1. The second kappa shape index (κ2) is 7.96. The van der Waals surface area contributed by atoms with Crippen molar-refractivity contribution in [2.24, 2.45) is 5.92 Å². The molecule has 1 unspecified atom stereocenters. The number of carboxylic acids is 1. The number of hydrogen-bond donors (Lipinski definition) is 3. The van der Waals surface area contributed by atoms with E-state index in [1.165, 1.54) is 0 Å². The first-order chi connectivity index (χ1) is 9.08. The summed E-state index contributed by atoms with van der Waals surface area (Å²) in [7, 11) is 0. The van der Waals surface area contributed by atoms with Crippen molar-refractivity contribution in [2.75, 3.05) is 45.9 Å². The molecule has 0 spiro atoms. The van der Waals surface area contributed by atoms with Crippen LogP contribution in [0.3, 0.4) is 0 Å². The van der Waals surface area contributed by atoms with Crippen LogP contribution < -0.4 is 5.32 Å². The van der Waals surface area contributed by atoms with E-state index < -0.39 is 11.9 Å². The zero-order valence-corrected chi connectivity index (χ0v) is 11.3. The van der Waals surface area contributed by atoms with Crippen LogP contribution in [0.5, 0.6) is 0 Å². The lowest BCUT2D eigenvalue weighted by Crippen LogP contribution is -2.52. The molecule has 1 rings (SSSR count).